The highest BCUT2D eigenvalue weighted by atomic mass is 35.5. The lowest BCUT2D eigenvalue weighted by Gasteiger charge is -2.28. The number of anilines is 3. The summed E-state index contributed by atoms with van der Waals surface area (Å²) in [6.45, 7) is 0.618. The van der Waals surface area contributed by atoms with Crippen molar-refractivity contribution in [1.82, 2.24) is 9.97 Å². The molecule has 1 fully saturated rings. The third-order valence-electron chi connectivity index (χ3n) is 4.39. The van der Waals surface area contributed by atoms with Gasteiger partial charge in [0.1, 0.15) is 28.4 Å². The average Bonchev–Trinajstić information content (AvgIpc) is 3.53. The van der Waals surface area contributed by atoms with Crippen molar-refractivity contribution in [3.05, 3.63) is 53.7 Å². The van der Waals surface area contributed by atoms with Crippen molar-refractivity contribution in [2.45, 2.75) is 18.9 Å². The summed E-state index contributed by atoms with van der Waals surface area (Å²) in [5, 5.41) is 3.56. The van der Waals surface area contributed by atoms with Crippen molar-refractivity contribution < 1.29 is 14.2 Å². The van der Waals surface area contributed by atoms with Crippen molar-refractivity contribution >= 4 is 28.9 Å². The van der Waals surface area contributed by atoms with E-state index in [0.717, 1.165) is 18.7 Å². The fourth-order valence-electron chi connectivity index (χ4n) is 2.88. The number of nitrogens with one attached hydrogen (secondary N) is 1. The molecule has 1 aromatic heterocycles. The van der Waals surface area contributed by atoms with E-state index < -0.39 is 0 Å². The van der Waals surface area contributed by atoms with E-state index in [2.05, 4.69) is 15.3 Å². The Morgan fingerprint density at radius 2 is 1.93 bits per heavy atom. The Kier molecular flexibility index (Phi) is 5.25. The predicted octanol–water partition coefficient (Wildman–Crippen LogP) is 4.29. The van der Waals surface area contributed by atoms with Crippen molar-refractivity contribution in [1.29, 1.82) is 0 Å². The number of allylic oxidation sites excluding steroid dienone is 2. The predicted molar refractivity (Wildman–Crippen MR) is 109 cm³/mol. The maximum absolute atomic E-state index is 6.15. The summed E-state index contributed by atoms with van der Waals surface area (Å²) in [6.07, 6.45) is 9.89. The van der Waals surface area contributed by atoms with Crippen LogP contribution in [0.4, 0.5) is 17.3 Å². The number of rotatable bonds is 7. The Hall–Kier alpha value is -2.93. The van der Waals surface area contributed by atoms with E-state index in [1.54, 1.807) is 14.2 Å². The maximum atomic E-state index is 6.15. The fraction of sp³-hybridized carbons (Fsp3) is 0.300. The van der Waals surface area contributed by atoms with Gasteiger partial charge < -0.3 is 19.5 Å². The minimum Gasteiger partial charge on any atom is -0.494 e. The van der Waals surface area contributed by atoms with Crippen LogP contribution in [0.2, 0.25) is 5.15 Å². The molecule has 7 nitrogen and oxygen atoms in total. The van der Waals surface area contributed by atoms with Gasteiger partial charge in [0.05, 0.1) is 20.4 Å². The highest BCUT2D eigenvalue weighted by Crippen LogP contribution is 2.39. The number of aromatic nitrogens is 2. The molecule has 8 heteroatoms. The second-order valence-electron chi connectivity index (χ2n) is 6.39. The summed E-state index contributed by atoms with van der Waals surface area (Å²) >= 11 is 6.15. The van der Waals surface area contributed by atoms with Crippen LogP contribution in [0, 0.1) is 0 Å². The zero-order valence-corrected chi connectivity index (χ0v) is 16.4. The molecule has 4 rings (SSSR count). The standard InChI is InChI=1S/C20H21ClN4O3/c1-26-14-6-5-7-15(27-2)18(14)24-19-20(22-12-16(21)23-19)25-11-4-3-8-17(25)28-13-9-10-13/h3-8,12-13H,9-11H2,1-2H3,(H,23,24). The molecular weight excluding hydrogens is 380 g/mol. The summed E-state index contributed by atoms with van der Waals surface area (Å²) in [5.41, 5.74) is 0.645. The molecule has 1 aliphatic carbocycles. The third kappa shape index (κ3) is 3.84. The lowest BCUT2D eigenvalue weighted by molar-refractivity contribution is 0.189. The van der Waals surface area contributed by atoms with E-state index in [9.17, 15) is 0 Å². The van der Waals surface area contributed by atoms with Gasteiger partial charge >= 0.3 is 0 Å². The summed E-state index contributed by atoms with van der Waals surface area (Å²) in [4.78, 5) is 10.9. The topological polar surface area (TPSA) is 68.7 Å². The first kappa shape index (κ1) is 18.4. The van der Waals surface area contributed by atoms with Gasteiger partial charge in [-0.05, 0) is 31.1 Å². The molecule has 0 atom stereocenters. The second-order valence-corrected chi connectivity index (χ2v) is 6.78. The van der Waals surface area contributed by atoms with E-state index in [1.807, 2.05) is 41.3 Å². The first-order chi connectivity index (χ1) is 13.7. The van der Waals surface area contributed by atoms with Crippen LogP contribution in [-0.2, 0) is 4.74 Å². The van der Waals surface area contributed by atoms with E-state index in [1.165, 1.54) is 6.20 Å². The molecule has 0 radical (unpaired) electrons. The van der Waals surface area contributed by atoms with E-state index in [0.29, 0.717) is 35.4 Å². The molecule has 0 amide bonds. The molecule has 1 aromatic carbocycles. The molecule has 2 aromatic rings. The Morgan fingerprint density at radius 1 is 1.18 bits per heavy atom. The molecule has 2 heterocycles. The van der Waals surface area contributed by atoms with Gasteiger partial charge in [-0.15, -0.1) is 0 Å². The first-order valence-electron chi connectivity index (χ1n) is 9.01. The van der Waals surface area contributed by atoms with Crippen LogP contribution in [0.25, 0.3) is 0 Å². The van der Waals surface area contributed by atoms with Gasteiger partial charge in [0.2, 0.25) is 0 Å². The van der Waals surface area contributed by atoms with Crippen molar-refractivity contribution in [3.63, 3.8) is 0 Å². The van der Waals surface area contributed by atoms with Gasteiger partial charge in [0, 0.05) is 6.54 Å². The minimum atomic E-state index is 0.270. The van der Waals surface area contributed by atoms with Crippen LogP contribution in [-0.4, -0.2) is 36.8 Å². The van der Waals surface area contributed by atoms with Crippen LogP contribution in [0.1, 0.15) is 12.8 Å². The Labute approximate surface area is 168 Å². The molecule has 1 N–H and O–H groups in total. The van der Waals surface area contributed by atoms with Gasteiger partial charge in [0.15, 0.2) is 17.5 Å². The van der Waals surface area contributed by atoms with Crippen molar-refractivity contribution in [3.8, 4) is 11.5 Å². The van der Waals surface area contributed by atoms with Gasteiger partial charge in [-0.2, -0.15) is 0 Å². The summed E-state index contributed by atoms with van der Waals surface area (Å²) in [6, 6.07) is 5.54. The third-order valence-corrected chi connectivity index (χ3v) is 4.57. The number of benzene rings is 1. The van der Waals surface area contributed by atoms with Crippen LogP contribution in [0.5, 0.6) is 11.5 Å². The van der Waals surface area contributed by atoms with Gasteiger partial charge in [-0.3, -0.25) is 4.90 Å². The lowest BCUT2D eigenvalue weighted by Crippen LogP contribution is -2.28. The van der Waals surface area contributed by atoms with Crippen molar-refractivity contribution in [2.75, 3.05) is 31.0 Å². The normalized spacial score (nSPS) is 15.8. The van der Waals surface area contributed by atoms with Gasteiger partial charge in [-0.25, -0.2) is 9.97 Å². The molecule has 146 valence electrons. The Balaban J connectivity index is 1.72. The van der Waals surface area contributed by atoms with E-state index in [4.69, 9.17) is 25.8 Å². The van der Waals surface area contributed by atoms with Crippen LogP contribution in [0.15, 0.2) is 48.5 Å². The second kappa shape index (κ2) is 7.98. The summed E-state index contributed by atoms with van der Waals surface area (Å²) in [7, 11) is 3.20. The van der Waals surface area contributed by atoms with Gasteiger partial charge in [-0.1, -0.05) is 29.8 Å². The minimum absolute atomic E-state index is 0.270. The van der Waals surface area contributed by atoms with Crippen LogP contribution >= 0.6 is 11.6 Å². The highest BCUT2D eigenvalue weighted by molar-refractivity contribution is 6.29. The molecule has 2 aliphatic rings. The number of para-hydroxylation sites is 1. The summed E-state index contributed by atoms with van der Waals surface area (Å²) in [5.74, 6) is 3.08. The zero-order valence-electron chi connectivity index (χ0n) is 15.7. The highest BCUT2D eigenvalue weighted by Gasteiger charge is 2.29. The number of ether oxygens (including phenoxy) is 3. The van der Waals surface area contributed by atoms with Crippen molar-refractivity contribution in [2.24, 2.45) is 0 Å². The number of methoxy groups -OCH3 is 2. The molecule has 28 heavy (non-hydrogen) atoms. The SMILES string of the molecule is COc1cccc(OC)c1Nc1nc(Cl)cnc1N1CC=CC=C1OC1CC1. The largest absolute Gasteiger partial charge is 0.494 e. The molecule has 0 saturated heterocycles. The number of hydrogen-bond donors (Lipinski definition) is 1. The monoisotopic (exact) mass is 400 g/mol. The maximum Gasteiger partial charge on any atom is 0.195 e. The Morgan fingerprint density at radius 3 is 2.61 bits per heavy atom. The van der Waals surface area contributed by atoms with E-state index >= 15 is 0 Å². The Bertz CT molecular complexity index is 905. The van der Waals surface area contributed by atoms with E-state index in [-0.39, 0.29) is 11.3 Å². The number of hydrogen-bond acceptors (Lipinski definition) is 7. The smallest absolute Gasteiger partial charge is 0.195 e. The molecule has 0 spiro atoms. The molecule has 1 saturated carbocycles. The first-order valence-corrected chi connectivity index (χ1v) is 9.39. The van der Waals surface area contributed by atoms with Crippen LogP contribution in [0.3, 0.4) is 0 Å². The van der Waals surface area contributed by atoms with Gasteiger partial charge in [0.25, 0.3) is 0 Å². The summed E-state index contributed by atoms with van der Waals surface area (Å²) < 4.78 is 17.0. The quantitative estimate of drug-likeness (QED) is 0.743. The number of nitrogens with zero attached hydrogens (tertiary/aromatic N) is 3. The molecular formula is C20H21ClN4O3. The van der Waals surface area contributed by atoms with Crippen LogP contribution < -0.4 is 19.7 Å². The number of halogens is 1. The molecule has 0 bridgehead atoms. The molecule has 1 aliphatic heterocycles. The lowest BCUT2D eigenvalue weighted by atomic mass is 10.2. The molecule has 0 unspecified atom stereocenters. The zero-order chi connectivity index (χ0) is 19.5. The fourth-order valence-corrected chi connectivity index (χ4v) is 3.02. The average molecular weight is 401 g/mol.